The molecule has 1 aromatic heterocycles. The van der Waals surface area contributed by atoms with Crippen LogP contribution in [-0.2, 0) is 4.79 Å². The molecule has 0 saturated heterocycles. The van der Waals surface area contributed by atoms with E-state index in [4.69, 9.17) is 15.2 Å². The predicted octanol–water partition coefficient (Wildman–Crippen LogP) is 6.54. The number of aryl methyl sites for hydroxylation is 1. The molecule has 56 heavy (non-hydrogen) atoms. The van der Waals surface area contributed by atoms with Crippen molar-refractivity contribution in [3.05, 3.63) is 101 Å². The van der Waals surface area contributed by atoms with Crippen molar-refractivity contribution in [3.63, 3.8) is 0 Å². The lowest BCUT2D eigenvalue weighted by atomic mass is 10.0. The van der Waals surface area contributed by atoms with Gasteiger partial charge in [0.1, 0.15) is 17.2 Å². The second-order valence-corrected chi connectivity index (χ2v) is 14.8. The van der Waals surface area contributed by atoms with Crippen molar-refractivity contribution in [2.75, 3.05) is 51.0 Å². The number of hydrogen-bond donors (Lipinski definition) is 6. The molecular weight excluding hydrogens is 733 g/mol. The molecular formula is C42H46N6O7S. The molecule has 0 unspecified atom stereocenters. The Bertz CT molecular complexity index is 2250. The Labute approximate surface area is 329 Å². The molecule has 0 radical (unpaired) electrons. The van der Waals surface area contributed by atoms with E-state index in [9.17, 15) is 24.6 Å². The van der Waals surface area contributed by atoms with Gasteiger partial charge in [-0.3, -0.25) is 19.4 Å². The zero-order chi connectivity index (χ0) is 39.8. The molecule has 0 bridgehead atoms. The molecule has 4 aromatic carbocycles. The summed E-state index contributed by atoms with van der Waals surface area (Å²) in [5.41, 5.74) is 10.3. The highest BCUT2D eigenvalue weighted by Crippen LogP contribution is 2.41. The highest BCUT2D eigenvalue weighted by atomic mass is 32.2. The van der Waals surface area contributed by atoms with Gasteiger partial charge in [0.25, 0.3) is 17.7 Å². The summed E-state index contributed by atoms with van der Waals surface area (Å²) < 4.78 is 10.9. The number of aromatic nitrogens is 1. The van der Waals surface area contributed by atoms with E-state index in [0.29, 0.717) is 42.2 Å². The Morgan fingerprint density at radius 3 is 2.66 bits per heavy atom. The van der Waals surface area contributed by atoms with Gasteiger partial charge in [0.2, 0.25) is 0 Å². The summed E-state index contributed by atoms with van der Waals surface area (Å²) >= 11 is 1.52. The number of hydrogen-bond acceptors (Lipinski definition) is 11. The highest BCUT2D eigenvalue weighted by molar-refractivity contribution is 7.99. The molecule has 6 rings (SSSR count). The number of nitrogens with two attached hydrogens (primary N) is 1. The second-order valence-electron chi connectivity index (χ2n) is 13.6. The van der Waals surface area contributed by atoms with E-state index in [1.807, 2.05) is 74.6 Å². The Hall–Kier alpha value is -5.83. The fourth-order valence-electron chi connectivity index (χ4n) is 6.56. The molecule has 5 aromatic rings. The average molecular weight is 779 g/mol. The van der Waals surface area contributed by atoms with Gasteiger partial charge in [-0.15, -0.1) is 0 Å². The number of aliphatic hydroxyl groups excluding tert-OH is 1. The number of methoxy groups -OCH3 is 1. The van der Waals surface area contributed by atoms with Gasteiger partial charge < -0.3 is 46.3 Å². The summed E-state index contributed by atoms with van der Waals surface area (Å²) in [6, 6.07) is 22.0. The van der Waals surface area contributed by atoms with E-state index in [1.54, 1.807) is 18.1 Å². The number of aliphatic hydroxyl groups is 1. The van der Waals surface area contributed by atoms with Crippen molar-refractivity contribution in [2.45, 2.75) is 48.5 Å². The van der Waals surface area contributed by atoms with Crippen molar-refractivity contribution in [1.82, 2.24) is 15.2 Å². The molecule has 2 heterocycles. The molecule has 3 amide bonds. The summed E-state index contributed by atoms with van der Waals surface area (Å²) in [5.74, 6) is -0.170. The number of primary amides is 1. The highest BCUT2D eigenvalue weighted by Gasteiger charge is 2.25. The van der Waals surface area contributed by atoms with Gasteiger partial charge in [0.15, 0.2) is 12.4 Å². The Morgan fingerprint density at radius 2 is 1.86 bits per heavy atom. The number of fused-ring (bicyclic) bond motifs is 2. The van der Waals surface area contributed by atoms with Crippen LogP contribution in [0, 0.1) is 6.92 Å². The third-order valence-corrected chi connectivity index (χ3v) is 10.4. The first kappa shape index (κ1) is 39.9. The van der Waals surface area contributed by atoms with Crippen LogP contribution in [0.3, 0.4) is 0 Å². The van der Waals surface area contributed by atoms with Crippen LogP contribution in [-0.4, -0.2) is 78.2 Å². The Morgan fingerprint density at radius 1 is 1.05 bits per heavy atom. The van der Waals surface area contributed by atoms with E-state index in [1.165, 1.54) is 24.0 Å². The number of pyridine rings is 1. The third kappa shape index (κ3) is 9.51. The van der Waals surface area contributed by atoms with E-state index in [0.717, 1.165) is 57.6 Å². The topological polar surface area (TPSA) is 188 Å². The van der Waals surface area contributed by atoms with Crippen LogP contribution >= 0.6 is 11.8 Å². The smallest absolute Gasteiger partial charge is 0.262 e. The lowest BCUT2D eigenvalue weighted by Crippen LogP contribution is -2.28. The molecule has 0 fully saturated rings. The first-order valence-electron chi connectivity index (χ1n) is 18.4. The number of carbonyl (C=O) groups excluding carboxylic acids is 3. The maximum absolute atomic E-state index is 13.4. The molecule has 0 aliphatic carbocycles. The molecule has 0 spiro atoms. The van der Waals surface area contributed by atoms with Gasteiger partial charge in [-0.25, -0.2) is 0 Å². The van der Waals surface area contributed by atoms with Crippen LogP contribution in [0.2, 0.25) is 0 Å². The average Bonchev–Trinajstić information content (AvgIpc) is 3.19. The number of phenols is 1. The molecule has 1 aliphatic heterocycles. The van der Waals surface area contributed by atoms with Crippen molar-refractivity contribution >= 4 is 57.4 Å². The third-order valence-electron chi connectivity index (χ3n) is 9.48. The number of benzene rings is 4. The molecule has 1 atom stereocenters. The minimum absolute atomic E-state index is 0.0576. The zero-order valence-electron chi connectivity index (χ0n) is 31.6. The van der Waals surface area contributed by atoms with Crippen LogP contribution in [0.15, 0.2) is 88.8 Å². The monoisotopic (exact) mass is 778 g/mol. The second kappa shape index (κ2) is 18.2. The summed E-state index contributed by atoms with van der Waals surface area (Å²) in [4.78, 5) is 45.7. The van der Waals surface area contributed by atoms with Gasteiger partial charge >= 0.3 is 0 Å². The number of nitrogens with zero attached hydrogens (tertiary/aromatic N) is 2. The molecule has 292 valence electrons. The molecule has 0 saturated carbocycles. The normalized spacial score (nSPS) is 12.7. The van der Waals surface area contributed by atoms with Crippen LogP contribution < -0.4 is 31.2 Å². The summed E-state index contributed by atoms with van der Waals surface area (Å²) in [6.07, 6.45) is 4.28. The zero-order valence-corrected chi connectivity index (χ0v) is 32.4. The summed E-state index contributed by atoms with van der Waals surface area (Å²) in [5, 5.41) is 30.7. The van der Waals surface area contributed by atoms with Gasteiger partial charge in [-0.1, -0.05) is 36.7 Å². The van der Waals surface area contributed by atoms with Crippen molar-refractivity contribution < 1.29 is 34.1 Å². The number of nitrogens with one attached hydrogen (secondary N) is 3. The Balaban J connectivity index is 1.00. The van der Waals surface area contributed by atoms with E-state index >= 15 is 0 Å². The lowest BCUT2D eigenvalue weighted by molar-refractivity contribution is -0.118. The van der Waals surface area contributed by atoms with Crippen molar-refractivity contribution in [1.29, 1.82) is 0 Å². The maximum atomic E-state index is 13.4. The van der Waals surface area contributed by atoms with E-state index < -0.39 is 12.0 Å². The fraction of sp³-hybridized carbons (Fsp3) is 0.286. The number of rotatable bonds is 17. The number of aromatic hydroxyl groups is 1. The number of unbranched alkanes of at least 4 members (excludes halogenated alkanes) is 3. The summed E-state index contributed by atoms with van der Waals surface area (Å²) in [6.45, 7) is 3.41. The molecule has 13 nitrogen and oxygen atoms in total. The Kier molecular flexibility index (Phi) is 13.0. The SMILES string of the molecule is COc1cccc(Nc2c(C(N)=O)cnc3c(C)cc(Sc4cccc(C(=O)N(C)CCCCCCNC[C@H](O)c5ccc(O)c6c5OCC(=O)N6)c4)cc23)c1. The van der Waals surface area contributed by atoms with Crippen LogP contribution in [0.4, 0.5) is 17.1 Å². The first-order chi connectivity index (χ1) is 27.0. The van der Waals surface area contributed by atoms with Crippen LogP contribution in [0.5, 0.6) is 17.2 Å². The lowest BCUT2D eigenvalue weighted by Gasteiger charge is -2.24. The summed E-state index contributed by atoms with van der Waals surface area (Å²) in [7, 11) is 3.41. The standard InChI is InChI=1S/C42H46N6O7S/c1-25-18-30(21-32-37(25)45-22-33(41(43)52)38(32)46-27-11-9-12-28(20-27)54-3)56-29-13-8-10-26(19-29)42(53)48(2)17-7-5-4-6-16-44-23-35(50)31-14-15-34(49)39-40(31)55-24-36(51)47-39/h8-15,18-22,35,44,49-50H,4-7,16-17,23-24H2,1-3H3,(H2,43,52)(H,45,46)(H,47,51)/t35-/m0/s1. The van der Waals surface area contributed by atoms with Gasteiger partial charge in [-0.2, -0.15) is 0 Å². The number of anilines is 3. The first-order valence-corrected chi connectivity index (χ1v) is 19.2. The van der Waals surface area contributed by atoms with Crippen LogP contribution in [0.25, 0.3) is 10.9 Å². The number of amides is 3. The van der Waals surface area contributed by atoms with Gasteiger partial charge in [0, 0.05) is 64.4 Å². The van der Waals surface area contributed by atoms with Crippen LogP contribution in [0.1, 0.15) is 63.6 Å². The van der Waals surface area contributed by atoms with E-state index in [-0.39, 0.29) is 41.2 Å². The largest absolute Gasteiger partial charge is 0.506 e. The van der Waals surface area contributed by atoms with Crippen molar-refractivity contribution in [2.24, 2.45) is 5.73 Å². The quantitative estimate of drug-likeness (QED) is 0.0445. The number of carbonyl (C=O) groups is 3. The van der Waals surface area contributed by atoms with Gasteiger partial charge in [-0.05, 0) is 86.5 Å². The van der Waals surface area contributed by atoms with Gasteiger partial charge in [0.05, 0.1) is 30.0 Å². The minimum Gasteiger partial charge on any atom is -0.506 e. The molecule has 7 N–H and O–H groups in total. The number of ether oxygens (including phenoxy) is 2. The predicted molar refractivity (Wildman–Crippen MR) is 217 cm³/mol. The maximum Gasteiger partial charge on any atom is 0.262 e. The minimum atomic E-state index is -0.873. The molecule has 1 aliphatic rings. The van der Waals surface area contributed by atoms with E-state index in [2.05, 4.69) is 20.9 Å². The fourth-order valence-corrected chi connectivity index (χ4v) is 7.58. The molecule has 14 heteroatoms. The number of phenolic OH excluding ortho intramolecular Hbond substituents is 1. The van der Waals surface area contributed by atoms with Crippen molar-refractivity contribution in [3.8, 4) is 17.2 Å².